The zero-order chi connectivity index (χ0) is 23.8. The fourth-order valence-electron chi connectivity index (χ4n) is 3.03. The highest BCUT2D eigenvalue weighted by Gasteiger charge is 2.18. The summed E-state index contributed by atoms with van der Waals surface area (Å²) in [5.41, 5.74) is 0.838. The number of methoxy groups -OCH3 is 1. The summed E-state index contributed by atoms with van der Waals surface area (Å²) in [5, 5.41) is 4.66. The molecule has 0 fully saturated rings. The molecule has 2 N–H and O–H groups in total. The predicted molar refractivity (Wildman–Crippen MR) is 128 cm³/mol. The number of hydrogen-bond acceptors (Lipinski definition) is 6. The van der Waals surface area contributed by atoms with Gasteiger partial charge in [0.05, 0.1) is 18.6 Å². The molecule has 10 heteroatoms. The number of rotatable bonds is 10. The predicted octanol–water partition coefficient (Wildman–Crippen LogP) is 2.99. The Morgan fingerprint density at radius 1 is 1.06 bits per heavy atom. The molecule has 174 valence electrons. The Balaban J connectivity index is 1.55. The average molecular weight is 488 g/mol. The van der Waals surface area contributed by atoms with E-state index in [9.17, 15) is 18.0 Å². The molecule has 0 radical (unpaired) electrons. The standard InChI is InChI=1S/C23H25N3O5S2/c1-26(16-22(27)25-18-5-3-6-19(15-18)31-2)23(28)17-8-10-21(11-9-17)33(29,30)24-13-12-20-7-4-14-32-20/h3-11,14-15,24H,12-13,16H2,1-2H3,(H,25,27). The summed E-state index contributed by atoms with van der Waals surface area (Å²) in [6.45, 7) is 0.120. The lowest BCUT2D eigenvalue weighted by Crippen LogP contribution is -2.35. The van der Waals surface area contributed by atoms with Gasteiger partial charge in [0.15, 0.2) is 0 Å². The van der Waals surface area contributed by atoms with Crippen LogP contribution >= 0.6 is 11.3 Å². The van der Waals surface area contributed by atoms with Crippen LogP contribution in [-0.2, 0) is 21.2 Å². The van der Waals surface area contributed by atoms with Gasteiger partial charge in [0.2, 0.25) is 15.9 Å². The first-order valence-corrected chi connectivity index (χ1v) is 12.5. The molecule has 0 aliphatic carbocycles. The fourth-order valence-corrected chi connectivity index (χ4v) is 4.77. The summed E-state index contributed by atoms with van der Waals surface area (Å²) in [6.07, 6.45) is 0.607. The van der Waals surface area contributed by atoms with Crippen LogP contribution in [0.1, 0.15) is 15.2 Å². The molecule has 33 heavy (non-hydrogen) atoms. The average Bonchev–Trinajstić information content (AvgIpc) is 3.32. The number of likely N-dealkylation sites (N-methyl/N-ethyl adjacent to an activating group) is 1. The number of sulfonamides is 1. The zero-order valence-corrected chi connectivity index (χ0v) is 19.9. The van der Waals surface area contributed by atoms with Gasteiger partial charge in [-0.25, -0.2) is 13.1 Å². The Morgan fingerprint density at radius 3 is 2.48 bits per heavy atom. The highest BCUT2D eigenvalue weighted by molar-refractivity contribution is 7.89. The molecule has 0 saturated carbocycles. The van der Waals surface area contributed by atoms with Gasteiger partial charge < -0.3 is 15.0 Å². The molecular weight excluding hydrogens is 462 g/mol. The van der Waals surface area contributed by atoms with Gasteiger partial charge >= 0.3 is 0 Å². The molecule has 0 atom stereocenters. The normalized spacial score (nSPS) is 11.1. The topological polar surface area (TPSA) is 105 Å². The molecule has 0 unspecified atom stereocenters. The van der Waals surface area contributed by atoms with E-state index in [-0.39, 0.29) is 29.5 Å². The summed E-state index contributed by atoms with van der Waals surface area (Å²) in [4.78, 5) is 27.4. The van der Waals surface area contributed by atoms with Gasteiger partial charge in [-0.2, -0.15) is 0 Å². The van der Waals surface area contributed by atoms with E-state index in [4.69, 9.17) is 4.74 Å². The van der Waals surface area contributed by atoms with Gasteiger partial charge in [0.25, 0.3) is 5.91 Å². The van der Waals surface area contributed by atoms with Crippen molar-refractivity contribution in [1.29, 1.82) is 0 Å². The Labute approximate surface area is 197 Å². The van der Waals surface area contributed by atoms with Crippen molar-refractivity contribution in [3.05, 3.63) is 76.5 Å². The minimum atomic E-state index is -3.68. The smallest absolute Gasteiger partial charge is 0.254 e. The lowest BCUT2D eigenvalue weighted by molar-refractivity contribution is -0.116. The zero-order valence-electron chi connectivity index (χ0n) is 18.3. The lowest BCUT2D eigenvalue weighted by Gasteiger charge is -2.17. The van der Waals surface area contributed by atoms with Gasteiger partial charge in [-0.05, 0) is 54.3 Å². The highest BCUT2D eigenvalue weighted by Crippen LogP contribution is 2.17. The molecule has 3 aromatic rings. The first-order chi connectivity index (χ1) is 15.8. The van der Waals surface area contributed by atoms with E-state index in [1.807, 2.05) is 17.5 Å². The first-order valence-electron chi connectivity index (χ1n) is 10.1. The van der Waals surface area contributed by atoms with Gasteiger partial charge in [-0.15, -0.1) is 11.3 Å². The van der Waals surface area contributed by atoms with Crippen molar-refractivity contribution in [2.45, 2.75) is 11.3 Å². The second-order valence-electron chi connectivity index (χ2n) is 7.19. The number of carbonyl (C=O) groups is 2. The number of carbonyl (C=O) groups excluding carboxylic acids is 2. The minimum absolute atomic E-state index is 0.0728. The van der Waals surface area contributed by atoms with E-state index < -0.39 is 15.9 Å². The second-order valence-corrected chi connectivity index (χ2v) is 9.99. The van der Waals surface area contributed by atoms with Crippen LogP contribution < -0.4 is 14.8 Å². The Hall–Kier alpha value is -3.21. The van der Waals surface area contributed by atoms with Crippen LogP contribution in [0.3, 0.4) is 0 Å². The molecule has 0 saturated heterocycles. The Kier molecular flexibility index (Phi) is 8.21. The summed E-state index contributed by atoms with van der Waals surface area (Å²) < 4.78 is 32.6. The number of amides is 2. The van der Waals surface area contributed by atoms with Crippen LogP contribution in [0.25, 0.3) is 0 Å². The molecule has 1 heterocycles. The molecule has 2 amide bonds. The molecule has 2 aromatic carbocycles. The summed E-state index contributed by atoms with van der Waals surface area (Å²) in [6, 6.07) is 16.4. The maximum atomic E-state index is 12.7. The van der Waals surface area contributed by atoms with Crippen molar-refractivity contribution in [1.82, 2.24) is 9.62 Å². The van der Waals surface area contributed by atoms with Crippen molar-refractivity contribution in [2.24, 2.45) is 0 Å². The summed E-state index contributed by atoms with van der Waals surface area (Å²) >= 11 is 1.57. The third-order valence-electron chi connectivity index (χ3n) is 4.74. The molecule has 0 aliphatic heterocycles. The first kappa shape index (κ1) is 24.4. The van der Waals surface area contributed by atoms with E-state index in [0.717, 1.165) is 4.88 Å². The van der Waals surface area contributed by atoms with Gasteiger partial charge in [-0.3, -0.25) is 9.59 Å². The minimum Gasteiger partial charge on any atom is -0.497 e. The lowest BCUT2D eigenvalue weighted by atomic mass is 10.2. The monoisotopic (exact) mass is 487 g/mol. The van der Waals surface area contributed by atoms with Crippen molar-refractivity contribution in [3.8, 4) is 5.75 Å². The van der Waals surface area contributed by atoms with E-state index in [2.05, 4.69) is 10.0 Å². The van der Waals surface area contributed by atoms with Crippen LogP contribution in [0.4, 0.5) is 5.69 Å². The number of nitrogens with zero attached hydrogens (tertiary/aromatic N) is 1. The number of hydrogen-bond donors (Lipinski definition) is 2. The van der Waals surface area contributed by atoms with E-state index in [0.29, 0.717) is 17.9 Å². The van der Waals surface area contributed by atoms with Gasteiger partial charge in [0.1, 0.15) is 5.75 Å². The van der Waals surface area contributed by atoms with Crippen LogP contribution in [-0.4, -0.2) is 52.4 Å². The number of thiophene rings is 1. The number of anilines is 1. The van der Waals surface area contributed by atoms with Gasteiger partial charge in [-0.1, -0.05) is 12.1 Å². The third-order valence-corrected chi connectivity index (χ3v) is 7.15. The van der Waals surface area contributed by atoms with Crippen molar-refractivity contribution >= 4 is 38.9 Å². The molecule has 0 bridgehead atoms. The molecule has 1 aromatic heterocycles. The molecule has 8 nitrogen and oxygen atoms in total. The molecule has 0 spiro atoms. The van der Waals surface area contributed by atoms with Crippen LogP contribution in [0, 0.1) is 0 Å². The third kappa shape index (κ3) is 6.88. The van der Waals surface area contributed by atoms with E-state index in [1.54, 1.807) is 35.6 Å². The Morgan fingerprint density at radius 2 is 1.82 bits per heavy atom. The van der Waals surface area contributed by atoms with Crippen molar-refractivity contribution < 1.29 is 22.7 Å². The number of nitrogens with one attached hydrogen (secondary N) is 2. The van der Waals surface area contributed by atoms with E-state index in [1.165, 1.54) is 43.3 Å². The van der Waals surface area contributed by atoms with E-state index >= 15 is 0 Å². The van der Waals surface area contributed by atoms with Crippen molar-refractivity contribution in [3.63, 3.8) is 0 Å². The van der Waals surface area contributed by atoms with Gasteiger partial charge in [0, 0.05) is 35.8 Å². The number of benzene rings is 2. The second kappa shape index (κ2) is 11.1. The summed E-state index contributed by atoms with van der Waals surface area (Å²) in [7, 11) is -0.643. The largest absolute Gasteiger partial charge is 0.497 e. The van der Waals surface area contributed by atoms with Crippen LogP contribution in [0.2, 0.25) is 0 Å². The van der Waals surface area contributed by atoms with Crippen LogP contribution in [0.15, 0.2) is 70.9 Å². The van der Waals surface area contributed by atoms with Crippen LogP contribution in [0.5, 0.6) is 5.75 Å². The maximum Gasteiger partial charge on any atom is 0.254 e. The molecular formula is C23H25N3O5S2. The molecule has 3 rings (SSSR count). The summed E-state index contributed by atoms with van der Waals surface area (Å²) in [5.74, 6) is -0.160. The van der Waals surface area contributed by atoms with Crippen molar-refractivity contribution in [2.75, 3.05) is 32.6 Å². The number of ether oxygens (including phenoxy) is 1. The quantitative estimate of drug-likeness (QED) is 0.458. The Bertz CT molecular complexity index is 1190. The highest BCUT2D eigenvalue weighted by atomic mass is 32.2. The maximum absolute atomic E-state index is 12.7. The SMILES string of the molecule is COc1cccc(NC(=O)CN(C)C(=O)c2ccc(S(=O)(=O)NCCc3cccs3)cc2)c1. The fraction of sp³-hybridized carbons (Fsp3) is 0.217. The molecule has 0 aliphatic rings.